The van der Waals surface area contributed by atoms with Crippen LogP contribution in [-0.2, 0) is 9.47 Å². The summed E-state index contributed by atoms with van der Waals surface area (Å²) in [5.74, 6) is 1.49. The molecule has 7 nitrogen and oxygen atoms in total. The van der Waals surface area contributed by atoms with E-state index < -0.39 is 0 Å². The number of likely N-dealkylation sites (N-methyl/N-ethyl adjacent to an activating group) is 1. The summed E-state index contributed by atoms with van der Waals surface area (Å²) in [4.78, 5) is 9.89. The average molecular weight is 398 g/mol. The molecule has 2 saturated heterocycles. The van der Waals surface area contributed by atoms with E-state index in [1.54, 1.807) is 0 Å². The highest BCUT2D eigenvalue weighted by molar-refractivity contribution is 5.79. The molecule has 2 unspecified atom stereocenters. The molecule has 2 fully saturated rings. The third kappa shape index (κ3) is 9.54. The molecule has 0 spiro atoms. The van der Waals surface area contributed by atoms with Crippen LogP contribution in [0.25, 0.3) is 0 Å². The van der Waals surface area contributed by atoms with Gasteiger partial charge in [0.2, 0.25) is 0 Å². The fourth-order valence-electron chi connectivity index (χ4n) is 3.75. The highest BCUT2D eigenvalue weighted by Gasteiger charge is 2.17. The molecule has 0 aliphatic carbocycles. The minimum absolute atomic E-state index is 0.318. The number of aliphatic imine (C=N–C) groups is 1. The van der Waals surface area contributed by atoms with Crippen molar-refractivity contribution in [2.45, 2.75) is 46.1 Å². The number of hydrogen-bond acceptors (Lipinski definition) is 5. The van der Waals surface area contributed by atoms with E-state index in [0.717, 1.165) is 64.8 Å². The molecule has 28 heavy (non-hydrogen) atoms. The van der Waals surface area contributed by atoms with Crippen molar-refractivity contribution < 1.29 is 9.47 Å². The normalized spacial score (nSPS) is 23.1. The van der Waals surface area contributed by atoms with E-state index in [0.29, 0.717) is 12.0 Å². The predicted octanol–water partition coefficient (Wildman–Crippen LogP) is 1.40. The maximum atomic E-state index is 5.72. The third-order valence-corrected chi connectivity index (χ3v) is 5.47. The summed E-state index contributed by atoms with van der Waals surface area (Å²) in [5, 5.41) is 6.78. The maximum Gasteiger partial charge on any atom is 0.191 e. The second kappa shape index (κ2) is 14.1. The smallest absolute Gasteiger partial charge is 0.191 e. The lowest BCUT2D eigenvalue weighted by molar-refractivity contribution is 0.0168. The Labute approximate surface area is 172 Å². The Bertz CT molecular complexity index is 421. The van der Waals surface area contributed by atoms with Gasteiger partial charge >= 0.3 is 0 Å². The zero-order valence-corrected chi connectivity index (χ0v) is 18.4. The molecule has 164 valence electrons. The van der Waals surface area contributed by atoms with Crippen molar-refractivity contribution in [1.82, 2.24) is 20.4 Å². The van der Waals surface area contributed by atoms with Crippen molar-refractivity contribution >= 4 is 5.96 Å². The molecule has 0 aromatic rings. The van der Waals surface area contributed by atoms with Crippen molar-refractivity contribution in [3.05, 3.63) is 0 Å². The molecule has 0 amide bonds. The van der Waals surface area contributed by atoms with Crippen LogP contribution in [-0.4, -0.2) is 101 Å². The number of hydrogen-bond donors (Lipinski definition) is 2. The molecule has 2 aliphatic heterocycles. The molecule has 7 heteroatoms. The van der Waals surface area contributed by atoms with E-state index in [9.17, 15) is 0 Å². The third-order valence-electron chi connectivity index (χ3n) is 5.47. The largest absolute Gasteiger partial charge is 0.379 e. The van der Waals surface area contributed by atoms with Crippen molar-refractivity contribution in [3.8, 4) is 0 Å². The second-order valence-corrected chi connectivity index (χ2v) is 8.05. The fourth-order valence-corrected chi connectivity index (χ4v) is 3.75. The van der Waals surface area contributed by atoms with Gasteiger partial charge in [-0.3, -0.25) is 4.99 Å². The number of nitrogens with zero attached hydrogens (tertiary/aromatic N) is 3. The molecule has 0 bridgehead atoms. The van der Waals surface area contributed by atoms with Crippen LogP contribution in [0.2, 0.25) is 0 Å². The van der Waals surface area contributed by atoms with E-state index >= 15 is 0 Å². The maximum absolute atomic E-state index is 5.72. The lowest BCUT2D eigenvalue weighted by Gasteiger charge is -2.35. The van der Waals surface area contributed by atoms with Crippen LogP contribution in [0.5, 0.6) is 0 Å². The van der Waals surface area contributed by atoms with Crippen molar-refractivity contribution in [2.75, 3.05) is 78.7 Å². The van der Waals surface area contributed by atoms with Gasteiger partial charge < -0.3 is 29.9 Å². The summed E-state index contributed by atoms with van der Waals surface area (Å²) in [6.45, 7) is 18.8. The van der Waals surface area contributed by atoms with Crippen LogP contribution >= 0.6 is 0 Å². The zero-order chi connectivity index (χ0) is 20.0. The molecule has 2 aliphatic rings. The Morgan fingerprint density at radius 2 is 1.96 bits per heavy atom. The molecular formula is C21H43N5O2. The zero-order valence-electron chi connectivity index (χ0n) is 18.4. The highest BCUT2D eigenvalue weighted by atomic mass is 16.5. The van der Waals surface area contributed by atoms with E-state index in [2.05, 4.69) is 41.2 Å². The molecular weight excluding hydrogens is 354 g/mol. The molecule has 2 N–H and O–H groups in total. The lowest BCUT2D eigenvalue weighted by atomic mass is 10.1. The first kappa shape index (κ1) is 23.4. The monoisotopic (exact) mass is 397 g/mol. The minimum Gasteiger partial charge on any atom is -0.379 e. The highest BCUT2D eigenvalue weighted by Crippen LogP contribution is 2.11. The topological polar surface area (TPSA) is 61.4 Å². The summed E-state index contributed by atoms with van der Waals surface area (Å²) in [6, 6.07) is 0. The molecule has 0 aromatic heterocycles. The van der Waals surface area contributed by atoms with Gasteiger partial charge in [-0.1, -0.05) is 13.8 Å². The number of nitrogens with one attached hydrogen (secondary N) is 2. The molecule has 0 aromatic carbocycles. The molecule has 2 rings (SSSR count). The van der Waals surface area contributed by atoms with E-state index in [1.165, 1.54) is 39.1 Å². The lowest BCUT2D eigenvalue weighted by Crippen LogP contribution is -2.47. The Kier molecular flexibility index (Phi) is 11.8. The molecule has 2 heterocycles. The van der Waals surface area contributed by atoms with Crippen molar-refractivity contribution in [1.29, 1.82) is 0 Å². The number of ether oxygens (including phenoxy) is 2. The van der Waals surface area contributed by atoms with E-state index in [4.69, 9.17) is 14.5 Å². The first-order valence-electron chi connectivity index (χ1n) is 11.4. The Morgan fingerprint density at radius 3 is 2.64 bits per heavy atom. The van der Waals surface area contributed by atoms with Gasteiger partial charge in [-0.05, 0) is 38.6 Å². The van der Waals surface area contributed by atoms with Gasteiger partial charge in [0.05, 0.1) is 12.7 Å². The van der Waals surface area contributed by atoms with Gasteiger partial charge in [0.1, 0.15) is 0 Å². The van der Waals surface area contributed by atoms with Crippen LogP contribution in [0, 0.1) is 5.92 Å². The number of piperazine rings is 1. The SMILES string of the molecule is CCNC(=NCC(C)CN1CCN(CC)CC1)NCCCOCC1CCCO1. The van der Waals surface area contributed by atoms with E-state index in [1.807, 2.05) is 0 Å². The molecule has 0 saturated carbocycles. The second-order valence-electron chi connectivity index (χ2n) is 8.05. The van der Waals surface area contributed by atoms with Crippen LogP contribution < -0.4 is 10.6 Å². The summed E-state index contributed by atoms with van der Waals surface area (Å²) in [7, 11) is 0. The van der Waals surface area contributed by atoms with Gasteiger partial charge in [0.15, 0.2) is 5.96 Å². The summed E-state index contributed by atoms with van der Waals surface area (Å²) in [6.07, 6.45) is 3.61. The Balaban J connectivity index is 1.56. The van der Waals surface area contributed by atoms with Gasteiger partial charge in [0.25, 0.3) is 0 Å². The Hall–Kier alpha value is -0.890. The van der Waals surface area contributed by atoms with Crippen molar-refractivity contribution in [2.24, 2.45) is 10.9 Å². The summed E-state index contributed by atoms with van der Waals surface area (Å²) >= 11 is 0. The first-order chi connectivity index (χ1) is 13.7. The minimum atomic E-state index is 0.318. The summed E-state index contributed by atoms with van der Waals surface area (Å²) in [5.41, 5.74) is 0. The molecule has 2 atom stereocenters. The predicted molar refractivity (Wildman–Crippen MR) is 116 cm³/mol. The van der Waals surface area contributed by atoms with Gasteiger partial charge in [0, 0.05) is 65.6 Å². The van der Waals surface area contributed by atoms with Crippen LogP contribution in [0.3, 0.4) is 0 Å². The van der Waals surface area contributed by atoms with E-state index in [-0.39, 0.29) is 0 Å². The Morgan fingerprint density at radius 1 is 1.18 bits per heavy atom. The fraction of sp³-hybridized carbons (Fsp3) is 0.952. The first-order valence-corrected chi connectivity index (χ1v) is 11.4. The van der Waals surface area contributed by atoms with Crippen LogP contribution in [0.4, 0.5) is 0 Å². The quantitative estimate of drug-likeness (QED) is 0.295. The average Bonchev–Trinajstić information content (AvgIpc) is 3.22. The number of rotatable bonds is 12. The standard InChI is InChI=1S/C21H43N5O2/c1-4-22-21(23-9-7-14-27-18-20-8-6-15-28-20)24-16-19(3)17-26-12-10-25(5-2)11-13-26/h19-20H,4-18H2,1-3H3,(H2,22,23,24). The van der Waals surface area contributed by atoms with Crippen LogP contribution in [0.15, 0.2) is 4.99 Å². The van der Waals surface area contributed by atoms with Gasteiger partial charge in [-0.2, -0.15) is 0 Å². The van der Waals surface area contributed by atoms with Crippen molar-refractivity contribution in [3.63, 3.8) is 0 Å². The molecule has 0 radical (unpaired) electrons. The van der Waals surface area contributed by atoms with Gasteiger partial charge in [-0.15, -0.1) is 0 Å². The number of guanidine groups is 1. The summed E-state index contributed by atoms with van der Waals surface area (Å²) < 4.78 is 11.3. The van der Waals surface area contributed by atoms with Crippen LogP contribution in [0.1, 0.15) is 40.0 Å². The van der Waals surface area contributed by atoms with Gasteiger partial charge in [-0.25, -0.2) is 0 Å².